The van der Waals surface area contributed by atoms with Crippen molar-refractivity contribution in [3.8, 4) is 17.2 Å². The van der Waals surface area contributed by atoms with E-state index in [1.807, 2.05) is 17.0 Å². The Bertz CT molecular complexity index is 1750. The second kappa shape index (κ2) is 14.0. The van der Waals surface area contributed by atoms with Crippen molar-refractivity contribution in [3.63, 3.8) is 0 Å². The molecule has 0 amide bonds. The Hall–Kier alpha value is -4.35. The number of halogens is 3. The van der Waals surface area contributed by atoms with E-state index in [9.17, 15) is 27.1 Å². The number of nitrogens with zero attached hydrogens (tertiary/aromatic N) is 1. The maximum atomic E-state index is 14.7. The number of rotatable bonds is 13. The van der Waals surface area contributed by atoms with Gasteiger partial charge in [0.1, 0.15) is 28.9 Å². The van der Waals surface area contributed by atoms with Crippen LogP contribution in [0.3, 0.4) is 0 Å². The summed E-state index contributed by atoms with van der Waals surface area (Å²) in [4.78, 5) is 13.2. The molecule has 4 rings (SSSR count). The van der Waals surface area contributed by atoms with E-state index in [0.717, 1.165) is 17.9 Å². The molecule has 0 saturated heterocycles. The largest absolute Gasteiger partial charge is 0.479 e. The van der Waals surface area contributed by atoms with Crippen molar-refractivity contribution < 1.29 is 36.6 Å². The lowest BCUT2D eigenvalue weighted by molar-refractivity contribution is -0.145. The van der Waals surface area contributed by atoms with Gasteiger partial charge in [-0.25, -0.2) is 22.0 Å². The number of sulfonamides is 1. The van der Waals surface area contributed by atoms with Crippen LogP contribution in [-0.4, -0.2) is 31.9 Å². The molecule has 0 aliphatic heterocycles. The number of anilines is 2. The number of carbonyl (C=O) groups is 1. The van der Waals surface area contributed by atoms with Crippen LogP contribution >= 0.6 is 11.6 Å². The van der Waals surface area contributed by atoms with Gasteiger partial charge in [-0.2, -0.15) is 0 Å². The molecule has 4 aromatic carbocycles. The zero-order valence-electron chi connectivity index (χ0n) is 24.2. The minimum absolute atomic E-state index is 0.0795. The van der Waals surface area contributed by atoms with Crippen LogP contribution in [0.25, 0.3) is 0 Å². The van der Waals surface area contributed by atoms with E-state index in [1.54, 1.807) is 56.3 Å². The number of hydrogen-bond acceptors (Lipinski definition) is 6. The number of aliphatic carboxylic acids is 1. The number of hydrogen-bond donors (Lipinski definition) is 2. The fraction of sp³-hybridized carbons (Fsp3) is 0.219. The van der Waals surface area contributed by atoms with E-state index in [-0.39, 0.29) is 29.3 Å². The van der Waals surface area contributed by atoms with Crippen LogP contribution in [0.2, 0.25) is 5.02 Å². The van der Waals surface area contributed by atoms with Gasteiger partial charge in [0, 0.05) is 36.5 Å². The molecule has 0 aliphatic rings. The highest BCUT2D eigenvalue weighted by molar-refractivity contribution is 7.92. The van der Waals surface area contributed by atoms with Gasteiger partial charge in [0.2, 0.25) is 10.0 Å². The van der Waals surface area contributed by atoms with Crippen LogP contribution < -0.4 is 19.1 Å². The molecule has 1 atom stereocenters. The highest BCUT2D eigenvalue weighted by Gasteiger charge is 2.20. The molecule has 1 unspecified atom stereocenters. The smallest absolute Gasteiger partial charge is 0.344 e. The second-order valence-electron chi connectivity index (χ2n) is 10.1. The zero-order chi connectivity index (χ0) is 32.0. The number of carboxylic acid groups (broad SMARTS) is 1. The summed E-state index contributed by atoms with van der Waals surface area (Å²) < 4.78 is 66.1. The Labute approximate surface area is 259 Å². The summed E-state index contributed by atoms with van der Waals surface area (Å²) in [5, 5.41) is 9.55. The molecule has 0 bridgehead atoms. The molecule has 0 saturated carbocycles. The summed E-state index contributed by atoms with van der Waals surface area (Å²) in [6.45, 7) is 3.83. The monoisotopic (exact) mass is 644 g/mol. The topological polar surface area (TPSA) is 105 Å². The Kier molecular flexibility index (Phi) is 10.3. The third-order valence-electron chi connectivity index (χ3n) is 6.67. The first kappa shape index (κ1) is 32.6. The van der Waals surface area contributed by atoms with E-state index in [4.69, 9.17) is 21.1 Å². The van der Waals surface area contributed by atoms with Crippen LogP contribution in [-0.2, 0) is 27.9 Å². The van der Waals surface area contributed by atoms with Crippen LogP contribution in [0.1, 0.15) is 30.0 Å². The molecule has 0 aliphatic carbocycles. The standard InChI is InChI=1S/C32H31ClF2N2O6S/c1-4-30(32(38)39)43-31-17-25(14-15-26(31)33)42-24-12-8-21(9-13-24)18-37(19-22-10-11-23(34)16-27(22)35)29-7-5-6-28(20(29)2)36-44(3,40)41/h5-17,30,36H,4,18-19H2,1-3H3,(H,38,39). The molecule has 232 valence electrons. The maximum Gasteiger partial charge on any atom is 0.344 e. The summed E-state index contributed by atoms with van der Waals surface area (Å²) >= 11 is 6.20. The number of ether oxygens (including phenoxy) is 2. The molecule has 0 fully saturated rings. The summed E-state index contributed by atoms with van der Waals surface area (Å²) in [5.41, 5.74) is 2.77. The minimum Gasteiger partial charge on any atom is -0.479 e. The van der Waals surface area contributed by atoms with Crippen molar-refractivity contribution in [1.29, 1.82) is 0 Å². The Morgan fingerprint density at radius 3 is 2.34 bits per heavy atom. The van der Waals surface area contributed by atoms with Crippen molar-refractivity contribution >= 4 is 39.0 Å². The second-order valence-corrected chi connectivity index (χ2v) is 12.3. The van der Waals surface area contributed by atoms with E-state index in [0.29, 0.717) is 35.0 Å². The average molecular weight is 645 g/mol. The lowest BCUT2D eigenvalue weighted by Crippen LogP contribution is -2.26. The average Bonchev–Trinajstić information content (AvgIpc) is 2.95. The first-order valence-electron chi connectivity index (χ1n) is 13.5. The van der Waals surface area contributed by atoms with Gasteiger partial charge in [-0.3, -0.25) is 4.72 Å². The number of benzene rings is 4. The predicted octanol–water partition coefficient (Wildman–Crippen LogP) is 7.54. The van der Waals surface area contributed by atoms with Crippen LogP contribution in [0.4, 0.5) is 20.2 Å². The third kappa shape index (κ3) is 8.61. The maximum absolute atomic E-state index is 14.7. The highest BCUT2D eigenvalue weighted by Crippen LogP contribution is 2.34. The molecule has 12 heteroatoms. The van der Waals surface area contributed by atoms with Gasteiger partial charge in [0.05, 0.1) is 17.0 Å². The first-order chi connectivity index (χ1) is 20.8. The van der Waals surface area contributed by atoms with E-state index < -0.39 is 33.7 Å². The van der Waals surface area contributed by atoms with Crippen molar-refractivity contribution in [1.82, 2.24) is 0 Å². The molecule has 0 spiro atoms. The summed E-state index contributed by atoms with van der Waals surface area (Å²) in [5.74, 6) is -1.43. The molecule has 4 aromatic rings. The van der Waals surface area contributed by atoms with Gasteiger partial charge >= 0.3 is 5.97 Å². The van der Waals surface area contributed by atoms with Gasteiger partial charge in [0.15, 0.2) is 6.10 Å². The first-order valence-corrected chi connectivity index (χ1v) is 15.8. The zero-order valence-corrected chi connectivity index (χ0v) is 25.8. The Balaban J connectivity index is 1.58. The van der Waals surface area contributed by atoms with Gasteiger partial charge in [0.25, 0.3) is 0 Å². The Morgan fingerprint density at radius 2 is 1.70 bits per heavy atom. The fourth-order valence-electron chi connectivity index (χ4n) is 4.48. The van der Waals surface area contributed by atoms with Crippen LogP contribution in [0.5, 0.6) is 17.2 Å². The van der Waals surface area contributed by atoms with Crippen molar-refractivity contribution in [2.75, 3.05) is 15.9 Å². The number of carboxylic acids is 1. The van der Waals surface area contributed by atoms with Crippen LogP contribution in [0.15, 0.2) is 78.9 Å². The lowest BCUT2D eigenvalue weighted by Gasteiger charge is -2.28. The molecule has 8 nitrogen and oxygen atoms in total. The SMILES string of the molecule is CCC(Oc1cc(Oc2ccc(CN(Cc3ccc(F)cc3F)c3cccc(NS(C)(=O)=O)c3C)cc2)ccc1Cl)C(=O)O. The van der Waals surface area contributed by atoms with Gasteiger partial charge in [-0.15, -0.1) is 0 Å². The highest BCUT2D eigenvalue weighted by atomic mass is 35.5. The fourth-order valence-corrected chi connectivity index (χ4v) is 5.26. The van der Waals surface area contributed by atoms with Crippen molar-refractivity contribution in [3.05, 3.63) is 112 Å². The Morgan fingerprint density at radius 1 is 1.00 bits per heavy atom. The van der Waals surface area contributed by atoms with Gasteiger partial charge < -0.3 is 19.5 Å². The predicted molar refractivity (Wildman–Crippen MR) is 166 cm³/mol. The quantitative estimate of drug-likeness (QED) is 0.155. The van der Waals surface area contributed by atoms with Gasteiger partial charge in [-0.1, -0.05) is 42.8 Å². The molecule has 2 N–H and O–H groups in total. The molecule has 0 radical (unpaired) electrons. The molecule has 0 aromatic heterocycles. The van der Waals surface area contributed by atoms with Crippen LogP contribution in [0, 0.1) is 18.6 Å². The number of nitrogens with one attached hydrogen (secondary N) is 1. The van der Waals surface area contributed by atoms with Crippen molar-refractivity contribution in [2.24, 2.45) is 0 Å². The van der Waals surface area contributed by atoms with E-state index >= 15 is 0 Å². The third-order valence-corrected chi connectivity index (χ3v) is 7.57. The van der Waals surface area contributed by atoms with Gasteiger partial charge in [-0.05, 0) is 66.9 Å². The molecular weight excluding hydrogens is 614 g/mol. The summed E-state index contributed by atoms with van der Waals surface area (Å²) in [6.07, 6.45) is 0.255. The molecule has 0 heterocycles. The minimum atomic E-state index is -3.54. The normalized spacial score (nSPS) is 12.0. The summed E-state index contributed by atoms with van der Waals surface area (Å²) in [7, 11) is -3.54. The lowest BCUT2D eigenvalue weighted by atomic mass is 10.1. The molecule has 44 heavy (non-hydrogen) atoms. The summed E-state index contributed by atoms with van der Waals surface area (Å²) in [6, 6.07) is 20.3. The molecular formula is C32H31ClF2N2O6S. The van der Waals surface area contributed by atoms with E-state index in [1.165, 1.54) is 18.2 Å². The van der Waals surface area contributed by atoms with Crippen molar-refractivity contribution in [2.45, 2.75) is 39.5 Å². The van der Waals surface area contributed by atoms with E-state index in [2.05, 4.69) is 4.72 Å².